The highest BCUT2D eigenvalue weighted by atomic mass is 16.5. The van der Waals surface area contributed by atoms with E-state index in [0.29, 0.717) is 19.4 Å². The largest absolute Gasteiger partial charge is 0.467 e. The van der Waals surface area contributed by atoms with Crippen molar-refractivity contribution in [3.63, 3.8) is 0 Å². The summed E-state index contributed by atoms with van der Waals surface area (Å²) in [5, 5.41) is 2.63. The SMILES string of the molecule is COC(=O)[C@H](CCCCN)NC(=O)[C@@H](N)Cc1cnc[nH]1. The molecule has 0 aromatic carbocycles. The average Bonchev–Trinajstić information content (AvgIpc) is 2.98. The predicted octanol–water partition coefficient (Wildman–Crippen LogP) is -0.934. The average molecular weight is 297 g/mol. The number of hydrogen-bond acceptors (Lipinski definition) is 6. The Hall–Kier alpha value is -1.93. The van der Waals surface area contributed by atoms with Crippen molar-refractivity contribution in [2.24, 2.45) is 11.5 Å². The molecule has 1 heterocycles. The van der Waals surface area contributed by atoms with Crippen LogP contribution in [-0.4, -0.2) is 47.6 Å². The van der Waals surface area contributed by atoms with Gasteiger partial charge in [0.2, 0.25) is 5.91 Å². The molecule has 2 atom stereocenters. The van der Waals surface area contributed by atoms with Crippen LogP contribution in [0.1, 0.15) is 25.0 Å². The van der Waals surface area contributed by atoms with Crippen LogP contribution in [0.2, 0.25) is 0 Å². The number of ether oxygens (including phenoxy) is 1. The highest BCUT2D eigenvalue weighted by molar-refractivity contribution is 5.87. The number of amides is 1. The quantitative estimate of drug-likeness (QED) is 0.343. The lowest BCUT2D eigenvalue weighted by Crippen LogP contribution is -2.49. The number of methoxy groups -OCH3 is 1. The molecule has 21 heavy (non-hydrogen) atoms. The standard InChI is InChI=1S/C13H23N5O3/c1-21-13(20)11(4-2-3-5-14)18-12(19)10(15)6-9-7-16-8-17-9/h7-8,10-11H,2-6,14-15H2,1H3,(H,16,17)(H,18,19)/t10-,11-/m0/s1. The first kappa shape index (κ1) is 17.1. The summed E-state index contributed by atoms with van der Waals surface area (Å²) in [7, 11) is 1.29. The number of H-pyrrole nitrogens is 1. The zero-order valence-corrected chi connectivity index (χ0v) is 12.2. The van der Waals surface area contributed by atoms with Gasteiger partial charge in [-0.15, -0.1) is 0 Å². The molecule has 1 aromatic heterocycles. The van der Waals surface area contributed by atoms with E-state index >= 15 is 0 Å². The molecule has 118 valence electrons. The third-order valence-corrected chi connectivity index (χ3v) is 3.08. The molecule has 6 N–H and O–H groups in total. The van der Waals surface area contributed by atoms with Crippen molar-refractivity contribution in [3.8, 4) is 0 Å². The van der Waals surface area contributed by atoms with E-state index in [2.05, 4.69) is 20.0 Å². The van der Waals surface area contributed by atoms with Gasteiger partial charge < -0.3 is 26.5 Å². The monoisotopic (exact) mass is 297 g/mol. The highest BCUT2D eigenvalue weighted by Crippen LogP contribution is 2.04. The number of aromatic amines is 1. The minimum atomic E-state index is -0.757. The number of carbonyl (C=O) groups is 2. The lowest BCUT2D eigenvalue weighted by molar-refractivity contribution is -0.145. The molecular formula is C13H23N5O3. The topological polar surface area (TPSA) is 136 Å². The van der Waals surface area contributed by atoms with Crippen molar-refractivity contribution in [1.82, 2.24) is 15.3 Å². The zero-order chi connectivity index (χ0) is 15.7. The molecule has 0 spiro atoms. The second kappa shape index (κ2) is 9.09. The highest BCUT2D eigenvalue weighted by Gasteiger charge is 2.24. The van der Waals surface area contributed by atoms with E-state index in [1.165, 1.54) is 13.4 Å². The van der Waals surface area contributed by atoms with Crippen LogP contribution in [-0.2, 0) is 20.7 Å². The molecular weight excluding hydrogens is 274 g/mol. The third-order valence-electron chi connectivity index (χ3n) is 3.08. The maximum absolute atomic E-state index is 12.0. The molecule has 0 saturated heterocycles. The zero-order valence-electron chi connectivity index (χ0n) is 12.2. The van der Waals surface area contributed by atoms with Crippen molar-refractivity contribution in [2.45, 2.75) is 37.8 Å². The van der Waals surface area contributed by atoms with E-state index in [4.69, 9.17) is 11.5 Å². The lowest BCUT2D eigenvalue weighted by atomic mass is 10.1. The molecule has 0 aliphatic rings. The second-order valence-corrected chi connectivity index (χ2v) is 4.76. The second-order valence-electron chi connectivity index (χ2n) is 4.76. The maximum atomic E-state index is 12.0. The van der Waals surface area contributed by atoms with Gasteiger partial charge in [-0.05, 0) is 25.8 Å². The van der Waals surface area contributed by atoms with Gasteiger partial charge in [0.1, 0.15) is 6.04 Å². The molecule has 0 saturated carbocycles. The number of nitrogens with zero attached hydrogens (tertiary/aromatic N) is 1. The van der Waals surface area contributed by atoms with Crippen LogP contribution in [0, 0.1) is 0 Å². The first-order chi connectivity index (χ1) is 10.1. The van der Waals surface area contributed by atoms with E-state index in [1.54, 1.807) is 6.20 Å². The Morgan fingerprint density at radius 1 is 1.48 bits per heavy atom. The molecule has 1 rings (SSSR count). The molecule has 0 aliphatic heterocycles. The number of hydrogen-bond donors (Lipinski definition) is 4. The van der Waals surface area contributed by atoms with Gasteiger partial charge in [-0.1, -0.05) is 0 Å². The van der Waals surface area contributed by atoms with Crippen LogP contribution in [0.5, 0.6) is 0 Å². The number of unbranched alkanes of at least 4 members (excludes halogenated alkanes) is 1. The number of carbonyl (C=O) groups excluding carboxylic acids is 2. The van der Waals surface area contributed by atoms with Gasteiger partial charge in [0.25, 0.3) is 0 Å². The fourth-order valence-electron chi connectivity index (χ4n) is 1.89. The summed E-state index contributed by atoms with van der Waals surface area (Å²) in [4.78, 5) is 30.4. The molecule has 0 aliphatic carbocycles. The van der Waals surface area contributed by atoms with Crippen molar-refractivity contribution >= 4 is 11.9 Å². The molecule has 0 bridgehead atoms. The number of esters is 1. The van der Waals surface area contributed by atoms with E-state index < -0.39 is 24.0 Å². The van der Waals surface area contributed by atoms with Crippen molar-refractivity contribution < 1.29 is 14.3 Å². The number of aromatic nitrogens is 2. The van der Waals surface area contributed by atoms with Crippen LogP contribution >= 0.6 is 0 Å². The Bertz CT molecular complexity index is 435. The van der Waals surface area contributed by atoms with Gasteiger partial charge in [0, 0.05) is 18.3 Å². The third kappa shape index (κ3) is 5.92. The van der Waals surface area contributed by atoms with Crippen LogP contribution in [0.25, 0.3) is 0 Å². The minimum Gasteiger partial charge on any atom is -0.467 e. The van der Waals surface area contributed by atoms with Gasteiger partial charge in [-0.25, -0.2) is 9.78 Å². The van der Waals surface area contributed by atoms with E-state index in [9.17, 15) is 9.59 Å². The summed E-state index contributed by atoms with van der Waals surface area (Å²) < 4.78 is 4.69. The van der Waals surface area contributed by atoms with E-state index in [-0.39, 0.29) is 0 Å². The van der Waals surface area contributed by atoms with Gasteiger partial charge in [0.15, 0.2) is 0 Å². The Morgan fingerprint density at radius 2 is 2.24 bits per heavy atom. The maximum Gasteiger partial charge on any atom is 0.328 e. The molecule has 0 unspecified atom stereocenters. The van der Waals surface area contributed by atoms with E-state index in [0.717, 1.165) is 18.5 Å². The van der Waals surface area contributed by atoms with Gasteiger partial charge >= 0.3 is 5.97 Å². The Balaban J connectivity index is 2.51. The molecule has 1 aromatic rings. The number of nitrogens with one attached hydrogen (secondary N) is 2. The van der Waals surface area contributed by atoms with Crippen molar-refractivity contribution in [1.29, 1.82) is 0 Å². The molecule has 8 heteroatoms. The smallest absolute Gasteiger partial charge is 0.328 e. The summed E-state index contributed by atoms with van der Waals surface area (Å²) in [6, 6.07) is -1.45. The van der Waals surface area contributed by atoms with Crippen LogP contribution in [0.3, 0.4) is 0 Å². The summed E-state index contributed by atoms with van der Waals surface area (Å²) in [6.45, 7) is 0.543. The van der Waals surface area contributed by atoms with Gasteiger partial charge in [0.05, 0.1) is 19.5 Å². The Kier molecular flexibility index (Phi) is 7.41. The van der Waals surface area contributed by atoms with Crippen LogP contribution in [0.4, 0.5) is 0 Å². The number of imidazole rings is 1. The molecule has 8 nitrogen and oxygen atoms in total. The summed E-state index contributed by atoms with van der Waals surface area (Å²) in [6.07, 6.45) is 5.43. The molecule has 0 radical (unpaired) electrons. The summed E-state index contributed by atoms with van der Waals surface area (Å²) in [5.41, 5.74) is 12.0. The van der Waals surface area contributed by atoms with Gasteiger partial charge in [-0.3, -0.25) is 4.79 Å². The summed E-state index contributed by atoms with van der Waals surface area (Å²) >= 11 is 0. The fourth-order valence-corrected chi connectivity index (χ4v) is 1.89. The first-order valence-corrected chi connectivity index (χ1v) is 6.89. The predicted molar refractivity (Wildman–Crippen MR) is 77.1 cm³/mol. The van der Waals surface area contributed by atoms with Crippen LogP contribution < -0.4 is 16.8 Å². The van der Waals surface area contributed by atoms with Gasteiger partial charge in [-0.2, -0.15) is 0 Å². The van der Waals surface area contributed by atoms with Crippen molar-refractivity contribution in [2.75, 3.05) is 13.7 Å². The fraction of sp³-hybridized carbons (Fsp3) is 0.615. The summed E-state index contributed by atoms with van der Waals surface area (Å²) in [5.74, 6) is -0.873. The normalized spacial score (nSPS) is 13.5. The van der Waals surface area contributed by atoms with E-state index in [1.807, 2.05) is 0 Å². The Labute approximate surface area is 123 Å². The number of rotatable bonds is 9. The first-order valence-electron chi connectivity index (χ1n) is 6.89. The molecule has 1 amide bonds. The van der Waals surface area contributed by atoms with Crippen LogP contribution in [0.15, 0.2) is 12.5 Å². The molecule has 0 fully saturated rings. The minimum absolute atomic E-state index is 0.322. The Morgan fingerprint density at radius 3 is 2.81 bits per heavy atom. The lowest BCUT2D eigenvalue weighted by Gasteiger charge is -2.18. The number of nitrogens with two attached hydrogens (primary N) is 2. The van der Waals surface area contributed by atoms with Crippen molar-refractivity contribution in [3.05, 3.63) is 18.2 Å².